The molecule has 0 aromatic carbocycles. The average molecular weight is 254 g/mol. The van der Waals surface area contributed by atoms with Crippen molar-refractivity contribution >= 4 is 5.97 Å². The number of hydrogen-bond donors (Lipinski definition) is 1. The Labute approximate surface area is 141 Å². The summed E-state index contributed by atoms with van der Waals surface area (Å²) in [6.07, 6.45) is 10.0. The van der Waals surface area contributed by atoms with E-state index >= 15 is 0 Å². The molecule has 1 N–H and O–H groups in total. The smallest absolute Gasteiger partial charge is 0.550 e. The number of aliphatic hydroxyl groups excluding tert-OH is 1. The molecule has 0 unspecified atom stereocenters. The normalized spacial score (nSPS) is 9.81. The predicted molar refractivity (Wildman–Crippen MR) is 58.3 cm³/mol. The van der Waals surface area contributed by atoms with Gasteiger partial charge >= 0.3 is 51.4 Å². The summed E-state index contributed by atoms with van der Waals surface area (Å²) in [6, 6.07) is 0. The van der Waals surface area contributed by atoms with Crippen LogP contribution in [0, 0.1) is 0 Å². The van der Waals surface area contributed by atoms with Gasteiger partial charge in [0.1, 0.15) is 0 Å². The minimum Gasteiger partial charge on any atom is -0.550 e. The Kier molecular flexibility index (Phi) is 19.5. The third kappa shape index (κ3) is 17.5. The first kappa shape index (κ1) is 19.4. The van der Waals surface area contributed by atoms with E-state index in [4.69, 9.17) is 5.11 Å². The number of aliphatic carboxylic acids is 1. The van der Waals surface area contributed by atoms with Crippen LogP contribution >= 0.6 is 0 Å². The molecule has 0 fully saturated rings. The molecule has 0 amide bonds. The summed E-state index contributed by atoms with van der Waals surface area (Å²) in [7, 11) is 0. The first-order chi connectivity index (χ1) is 7.27. The summed E-state index contributed by atoms with van der Waals surface area (Å²) in [6.45, 7) is 0.309. The van der Waals surface area contributed by atoms with Gasteiger partial charge in [-0.15, -0.1) is 0 Å². The van der Waals surface area contributed by atoms with Crippen molar-refractivity contribution in [3.8, 4) is 0 Å². The number of carboxylic acid groups (broad SMARTS) is 1. The average Bonchev–Trinajstić information content (AvgIpc) is 2.20. The van der Waals surface area contributed by atoms with Gasteiger partial charge < -0.3 is 15.0 Å². The Bertz CT molecular complexity index is 151. The van der Waals surface area contributed by atoms with Crippen LogP contribution in [0.2, 0.25) is 0 Å². The van der Waals surface area contributed by atoms with Gasteiger partial charge in [-0.2, -0.15) is 0 Å². The van der Waals surface area contributed by atoms with Gasteiger partial charge in [0.25, 0.3) is 0 Å². The fourth-order valence-electron chi connectivity index (χ4n) is 1.62. The number of unbranched alkanes of at least 4 members (excludes halogenated alkanes) is 8. The van der Waals surface area contributed by atoms with Crippen LogP contribution in [0.3, 0.4) is 0 Å². The van der Waals surface area contributed by atoms with E-state index in [1.807, 2.05) is 0 Å². The van der Waals surface area contributed by atoms with E-state index in [0.717, 1.165) is 32.1 Å². The molecule has 0 spiro atoms. The van der Waals surface area contributed by atoms with Crippen molar-refractivity contribution in [2.24, 2.45) is 0 Å². The second-order valence-electron chi connectivity index (χ2n) is 4.03. The van der Waals surface area contributed by atoms with Gasteiger partial charge in [-0.3, -0.25) is 0 Å². The van der Waals surface area contributed by atoms with Gasteiger partial charge in [-0.05, 0) is 19.3 Å². The van der Waals surface area contributed by atoms with Crippen LogP contribution in [0.25, 0.3) is 0 Å². The molecule has 0 saturated carbocycles. The van der Waals surface area contributed by atoms with E-state index < -0.39 is 5.97 Å². The number of aliphatic hydroxyl groups is 1. The van der Waals surface area contributed by atoms with E-state index in [1.54, 1.807) is 0 Å². The summed E-state index contributed by atoms with van der Waals surface area (Å²) >= 11 is 0. The first-order valence-corrected chi connectivity index (χ1v) is 6.08. The number of rotatable bonds is 11. The second kappa shape index (κ2) is 16.1. The van der Waals surface area contributed by atoms with Crippen molar-refractivity contribution in [3.63, 3.8) is 0 Å². The number of hydrogen-bond acceptors (Lipinski definition) is 3. The molecular formula is C12H23KO3. The minimum absolute atomic E-state index is 0. The monoisotopic (exact) mass is 254 g/mol. The first-order valence-electron chi connectivity index (χ1n) is 6.08. The quantitative estimate of drug-likeness (QED) is 0.366. The SMILES string of the molecule is O=C([O-])CCCCCCCCCCCO.[K+]. The van der Waals surface area contributed by atoms with Crippen molar-refractivity contribution in [2.45, 2.75) is 64.2 Å². The zero-order chi connectivity index (χ0) is 11.4. The van der Waals surface area contributed by atoms with Crippen molar-refractivity contribution in [1.82, 2.24) is 0 Å². The molecule has 0 aliphatic rings. The van der Waals surface area contributed by atoms with E-state index in [-0.39, 0.29) is 57.8 Å². The van der Waals surface area contributed by atoms with Crippen molar-refractivity contribution in [3.05, 3.63) is 0 Å². The molecule has 0 rings (SSSR count). The summed E-state index contributed by atoms with van der Waals surface area (Å²) in [4.78, 5) is 10.1. The van der Waals surface area contributed by atoms with Gasteiger partial charge in [0.15, 0.2) is 0 Å². The zero-order valence-corrected chi connectivity index (χ0v) is 13.7. The van der Waals surface area contributed by atoms with Crippen LogP contribution in [-0.2, 0) is 4.79 Å². The zero-order valence-electron chi connectivity index (χ0n) is 10.5. The maximum atomic E-state index is 10.1. The third-order valence-electron chi connectivity index (χ3n) is 2.54. The standard InChI is InChI=1S/C12H24O3.K/c13-11-9-7-5-3-1-2-4-6-8-10-12(14)15;/h13H,1-11H2,(H,14,15);/q;+1/p-1. The molecule has 0 saturated heterocycles. The van der Waals surface area contributed by atoms with E-state index in [0.29, 0.717) is 6.61 Å². The molecule has 0 aromatic heterocycles. The van der Waals surface area contributed by atoms with Crippen molar-refractivity contribution < 1.29 is 66.4 Å². The maximum Gasteiger partial charge on any atom is 1.00 e. The topological polar surface area (TPSA) is 60.4 Å². The third-order valence-corrected chi connectivity index (χ3v) is 2.54. The van der Waals surface area contributed by atoms with E-state index in [2.05, 4.69) is 0 Å². The molecule has 0 atom stereocenters. The molecule has 0 aliphatic carbocycles. The van der Waals surface area contributed by atoms with Crippen LogP contribution < -0.4 is 56.5 Å². The summed E-state index contributed by atoms with van der Waals surface area (Å²) in [5.41, 5.74) is 0. The Balaban J connectivity index is 0. The molecule has 0 aromatic rings. The van der Waals surface area contributed by atoms with Crippen LogP contribution in [0.15, 0.2) is 0 Å². The Morgan fingerprint density at radius 3 is 1.56 bits per heavy atom. The van der Waals surface area contributed by atoms with Crippen LogP contribution in [0.1, 0.15) is 64.2 Å². The van der Waals surface area contributed by atoms with E-state index in [9.17, 15) is 9.90 Å². The molecule has 0 radical (unpaired) electrons. The Morgan fingerprint density at radius 1 is 0.812 bits per heavy atom. The number of carbonyl (C=O) groups excluding carboxylic acids is 1. The van der Waals surface area contributed by atoms with Crippen LogP contribution in [-0.4, -0.2) is 17.7 Å². The van der Waals surface area contributed by atoms with Gasteiger partial charge in [0.2, 0.25) is 0 Å². The second-order valence-corrected chi connectivity index (χ2v) is 4.03. The number of carboxylic acids is 1. The van der Waals surface area contributed by atoms with Gasteiger partial charge in [0.05, 0.1) is 0 Å². The molecule has 0 aliphatic heterocycles. The molecular weight excluding hydrogens is 231 g/mol. The molecule has 16 heavy (non-hydrogen) atoms. The van der Waals surface area contributed by atoms with Crippen molar-refractivity contribution in [1.29, 1.82) is 0 Å². The van der Waals surface area contributed by atoms with Gasteiger partial charge in [-0.25, -0.2) is 0 Å². The molecule has 90 valence electrons. The predicted octanol–water partition coefficient (Wildman–Crippen LogP) is -1.37. The van der Waals surface area contributed by atoms with Crippen molar-refractivity contribution in [2.75, 3.05) is 6.61 Å². The molecule has 0 heterocycles. The van der Waals surface area contributed by atoms with Crippen LogP contribution in [0.5, 0.6) is 0 Å². The van der Waals surface area contributed by atoms with Crippen LogP contribution in [0.4, 0.5) is 0 Å². The molecule has 3 nitrogen and oxygen atoms in total. The summed E-state index contributed by atoms with van der Waals surface area (Å²) < 4.78 is 0. The summed E-state index contributed by atoms with van der Waals surface area (Å²) in [5.74, 6) is -0.931. The van der Waals surface area contributed by atoms with Gasteiger partial charge in [-0.1, -0.05) is 44.9 Å². The van der Waals surface area contributed by atoms with E-state index in [1.165, 1.54) is 25.7 Å². The summed E-state index contributed by atoms with van der Waals surface area (Å²) in [5, 5.41) is 18.7. The Morgan fingerprint density at radius 2 is 1.19 bits per heavy atom. The fourth-order valence-corrected chi connectivity index (χ4v) is 1.62. The molecule has 4 heteroatoms. The maximum absolute atomic E-state index is 10.1. The Hall–Kier alpha value is 1.07. The fraction of sp³-hybridized carbons (Fsp3) is 0.917. The largest absolute Gasteiger partial charge is 1.00 e. The minimum atomic E-state index is -0.931. The number of carbonyl (C=O) groups is 1. The molecule has 0 bridgehead atoms. The van der Waals surface area contributed by atoms with Gasteiger partial charge in [0, 0.05) is 12.6 Å².